The molecule has 1 aromatic heterocycles. The largest absolute Gasteiger partial charge is 0.384 e. The van der Waals surface area contributed by atoms with Crippen molar-refractivity contribution >= 4 is 5.91 Å². The van der Waals surface area contributed by atoms with Gasteiger partial charge in [0.2, 0.25) is 0 Å². The summed E-state index contributed by atoms with van der Waals surface area (Å²) in [5.41, 5.74) is 3.12. The minimum Gasteiger partial charge on any atom is -0.384 e. The van der Waals surface area contributed by atoms with Gasteiger partial charge in [0.25, 0.3) is 5.91 Å². The van der Waals surface area contributed by atoms with E-state index in [0.717, 1.165) is 11.1 Å². The van der Waals surface area contributed by atoms with Gasteiger partial charge in [0.15, 0.2) is 0 Å². The first-order valence-corrected chi connectivity index (χ1v) is 6.56. The maximum Gasteiger partial charge on any atom is 0.251 e. The molecule has 0 saturated carbocycles. The van der Waals surface area contributed by atoms with Gasteiger partial charge >= 0.3 is 0 Å². The van der Waals surface area contributed by atoms with Gasteiger partial charge in [-0.3, -0.25) is 9.48 Å². The number of hydrogen-bond acceptors (Lipinski definition) is 3. The summed E-state index contributed by atoms with van der Waals surface area (Å²) in [6, 6.07) is 5.41. The predicted octanol–water partition coefficient (Wildman–Crippen LogP) is 1.00. The number of aliphatic hydroxyl groups excluding tert-OH is 1. The third-order valence-electron chi connectivity index (χ3n) is 3.01. The van der Waals surface area contributed by atoms with E-state index in [1.165, 1.54) is 0 Å². The van der Waals surface area contributed by atoms with Crippen LogP contribution in [0.5, 0.6) is 0 Å². The molecule has 0 radical (unpaired) electrons. The van der Waals surface area contributed by atoms with E-state index in [1.807, 2.05) is 32.3 Å². The van der Waals surface area contributed by atoms with Gasteiger partial charge in [0.1, 0.15) is 6.61 Å². The highest BCUT2D eigenvalue weighted by atomic mass is 16.2. The van der Waals surface area contributed by atoms with Crippen LogP contribution in [-0.4, -0.2) is 27.4 Å². The monoisotopic (exact) mass is 283 g/mol. The number of hydrogen-bond donors (Lipinski definition) is 2. The predicted molar refractivity (Wildman–Crippen MR) is 79.5 cm³/mol. The molecule has 0 aliphatic rings. The van der Waals surface area contributed by atoms with Crippen molar-refractivity contribution in [1.82, 2.24) is 15.1 Å². The highest BCUT2D eigenvalue weighted by Gasteiger charge is 2.09. The molecule has 5 heteroatoms. The van der Waals surface area contributed by atoms with Crippen molar-refractivity contribution in [1.29, 1.82) is 0 Å². The van der Waals surface area contributed by atoms with Gasteiger partial charge in [-0.15, -0.1) is 0 Å². The first kappa shape index (κ1) is 14.8. The summed E-state index contributed by atoms with van der Waals surface area (Å²) in [6.07, 6.45) is 3.58. The summed E-state index contributed by atoms with van der Waals surface area (Å²) in [5, 5.41) is 15.6. The Morgan fingerprint density at radius 1 is 1.48 bits per heavy atom. The Labute approximate surface area is 123 Å². The first-order chi connectivity index (χ1) is 10.1. The molecule has 5 nitrogen and oxygen atoms in total. The topological polar surface area (TPSA) is 67.2 Å². The van der Waals surface area contributed by atoms with Crippen LogP contribution in [0.15, 0.2) is 30.6 Å². The summed E-state index contributed by atoms with van der Waals surface area (Å²) in [5.74, 6) is 5.23. The molecule has 1 amide bonds. The molecule has 0 atom stereocenters. The Morgan fingerprint density at radius 3 is 2.95 bits per heavy atom. The number of carbonyl (C=O) groups excluding carboxylic acids is 1. The molecular weight excluding hydrogens is 266 g/mol. The van der Waals surface area contributed by atoms with E-state index >= 15 is 0 Å². The van der Waals surface area contributed by atoms with Crippen molar-refractivity contribution in [2.24, 2.45) is 7.05 Å². The van der Waals surface area contributed by atoms with Crippen LogP contribution in [0.2, 0.25) is 0 Å². The van der Waals surface area contributed by atoms with Crippen LogP contribution in [-0.2, 0) is 13.6 Å². The molecule has 2 aromatic rings. The molecule has 1 aromatic carbocycles. The zero-order valence-electron chi connectivity index (χ0n) is 12.1. The maximum atomic E-state index is 12.2. The van der Waals surface area contributed by atoms with Crippen LogP contribution >= 0.6 is 0 Å². The molecule has 2 rings (SSSR count). The lowest BCUT2D eigenvalue weighted by Crippen LogP contribution is -2.23. The molecule has 0 unspecified atom stereocenters. The van der Waals surface area contributed by atoms with Gasteiger partial charge in [0.05, 0.1) is 6.20 Å². The quantitative estimate of drug-likeness (QED) is 0.826. The van der Waals surface area contributed by atoms with E-state index < -0.39 is 0 Å². The van der Waals surface area contributed by atoms with Crippen molar-refractivity contribution < 1.29 is 9.90 Å². The second kappa shape index (κ2) is 6.73. The molecule has 1 heterocycles. The van der Waals surface area contributed by atoms with Crippen molar-refractivity contribution in [2.45, 2.75) is 13.5 Å². The fraction of sp³-hybridized carbons (Fsp3) is 0.250. The fourth-order valence-corrected chi connectivity index (χ4v) is 1.93. The average molecular weight is 283 g/mol. The maximum absolute atomic E-state index is 12.2. The third-order valence-corrected chi connectivity index (χ3v) is 3.01. The highest BCUT2D eigenvalue weighted by Crippen LogP contribution is 2.11. The van der Waals surface area contributed by atoms with Crippen molar-refractivity contribution in [3.05, 3.63) is 52.8 Å². The van der Waals surface area contributed by atoms with Gasteiger partial charge in [-0.25, -0.2) is 0 Å². The Bertz CT molecular complexity index is 708. The zero-order valence-corrected chi connectivity index (χ0v) is 12.1. The molecule has 0 aliphatic heterocycles. The summed E-state index contributed by atoms with van der Waals surface area (Å²) in [6.45, 7) is 2.11. The molecule has 0 aliphatic carbocycles. The Morgan fingerprint density at radius 2 is 2.29 bits per heavy atom. The van der Waals surface area contributed by atoms with Crippen molar-refractivity contribution in [3.8, 4) is 11.8 Å². The van der Waals surface area contributed by atoms with Crippen molar-refractivity contribution in [2.75, 3.05) is 6.61 Å². The molecular formula is C16H17N3O2. The van der Waals surface area contributed by atoms with Gasteiger partial charge in [0, 0.05) is 36.5 Å². The van der Waals surface area contributed by atoms with E-state index in [9.17, 15) is 4.79 Å². The number of aryl methyl sites for hydroxylation is 2. The minimum absolute atomic E-state index is 0.149. The third kappa shape index (κ3) is 3.94. The van der Waals surface area contributed by atoms with E-state index in [0.29, 0.717) is 17.7 Å². The number of aromatic nitrogens is 2. The van der Waals surface area contributed by atoms with E-state index in [-0.39, 0.29) is 12.5 Å². The Balaban J connectivity index is 2.10. The number of amides is 1. The fourth-order valence-electron chi connectivity index (χ4n) is 1.93. The van der Waals surface area contributed by atoms with Gasteiger partial charge < -0.3 is 10.4 Å². The van der Waals surface area contributed by atoms with Gasteiger partial charge in [-0.2, -0.15) is 5.10 Å². The molecule has 21 heavy (non-hydrogen) atoms. The van der Waals surface area contributed by atoms with Crippen molar-refractivity contribution in [3.63, 3.8) is 0 Å². The second-order valence-electron chi connectivity index (χ2n) is 4.69. The summed E-state index contributed by atoms with van der Waals surface area (Å²) in [7, 11) is 1.83. The molecule has 2 N–H and O–H groups in total. The van der Waals surface area contributed by atoms with Gasteiger partial charge in [-0.05, 0) is 24.6 Å². The standard InChI is InChI=1S/C16H17N3O2/c1-12-5-6-13(4-3-7-20)8-15(12)16(21)17-9-14-10-18-19(2)11-14/h5-6,8,10-11,20H,7,9H2,1-2H3,(H,17,21). The lowest BCUT2D eigenvalue weighted by Gasteiger charge is -2.07. The number of rotatable bonds is 3. The van der Waals surface area contributed by atoms with Crippen LogP contribution in [0.25, 0.3) is 0 Å². The number of nitrogens with zero attached hydrogens (tertiary/aromatic N) is 2. The number of carbonyl (C=O) groups is 1. The number of benzene rings is 1. The Hall–Kier alpha value is -2.58. The van der Waals surface area contributed by atoms with Crippen LogP contribution < -0.4 is 5.32 Å². The molecule has 0 spiro atoms. The van der Waals surface area contributed by atoms with E-state index in [2.05, 4.69) is 22.3 Å². The summed E-state index contributed by atoms with van der Waals surface area (Å²) >= 11 is 0. The molecule has 0 saturated heterocycles. The smallest absolute Gasteiger partial charge is 0.251 e. The molecule has 108 valence electrons. The molecule has 0 bridgehead atoms. The lowest BCUT2D eigenvalue weighted by molar-refractivity contribution is 0.0950. The normalized spacial score (nSPS) is 9.86. The zero-order chi connectivity index (χ0) is 15.2. The van der Waals surface area contributed by atoms with Gasteiger partial charge in [-0.1, -0.05) is 17.9 Å². The minimum atomic E-state index is -0.198. The van der Waals surface area contributed by atoms with Crippen LogP contribution in [0, 0.1) is 18.8 Å². The highest BCUT2D eigenvalue weighted by molar-refractivity contribution is 5.95. The van der Waals surface area contributed by atoms with E-state index in [1.54, 1.807) is 16.9 Å². The van der Waals surface area contributed by atoms with Crippen LogP contribution in [0.1, 0.15) is 27.0 Å². The average Bonchev–Trinajstić information content (AvgIpc) is 2.89. The van der Waals surface area contributed by atoms with E-state index in [4.69, 9.17) is 5.11 Å². The Kier molecular flexibility index (Phi) is 4.75. The lowest BCUT2D eigenvalue weighted by atomic mass is 10.0. The molecule has 0 fully saturated rings. The number of aliphatic hydroxyl groups is 1. The first-order valence-electron chi connectivity index (χ1n) is 6.56. The number of nitrogens with one attached hydrogen (secondary N) is 1. The summed E-state index contributed by atoms with van der Waals surface area (Å²) < 4.78 is 1.69. The van der Waals surface area contributed by atoms with Crippen LogP contribution in [0.4, 0.5) is 0 Å². The summed E-state index contributed by atoms with van der Waals surface area (Å²) in [4.78, 5) is 12.2. The second-order valence-corrected chi connectivity index (χ2v) is 4.69. The SMILES string of the molecule is Cc1ccc(C#CCO)cc1C(=O)NCc1cnn(C)c1. The van der Waals surface area contributed by atoms with Crippen LogP contribution in [0.3, 0.4) is 0 Å².